The number of ether oxygens (including phenoxy) is 1. The largest absolute Gasteiger partial charge is 0.382 e. The molecular weight excluding hydrogens is 379 g/mol. The van der Waals surface area contributed by atoms with Crippen LogP contribution in [-0.4, -0.2) is 48.7 Å². The second kappa shape index (κ2) is 9.41. The molecule has 0 aliphatic carbocycles. The highest BCUT2D eigenvalue weighted by molar-refractivity contribution is 5.50. The van der Waals surface area contributed by atoms with E-state index in [1.54, 1.807) is 7.11 Å². The Morgan fingerprint density at radius 3 is 2.63 bits per heavy atom. The molecule has 0 radical (unpaired) electrons. The number of nitrogens with zero attached hydrogens (tertiary/aromatic N) is 3. The van der Waals surface area contributed by atoms with Gasteiger partial charge in [-0.1, -0.05) is 18.2 Å². The number of aryl methyl sites for hydroxylation is 1. The van der Waals surface area contributed by atoms with Crippen molar-refractivity contribution >= 4 is 5.69 Å². The molecule has 1 aliphatic rings. The normalized spacial score (nSPS) is 19.2. The van der Waals surface area contributed by atoms with Crippen molar-refractivity contribution in [1.29, 1.82) is 0 Å². The molecular formula is C24H29FN4O. The number of benzene rings is 2. The quantitative estimate of drug-likeness (QED) is 0.615. The monoisotopic (exact) mass is 408 g/mol. The predicted octanol–water partition coefficient (Wildman–Crippen LogP) is 3.83. The number of nitrogens with one attached hydrogen (secondary N) is 1. The summed E-state index contributed by atoms with van der Waals surface area (Å²) in [6, 6.07) is 19.1. The first-order valence-electron chi connectivity index (χ1n) is 10.5. The van der Waals surface area contributed by atoms with Crippen molar-refractivity contribution in [1.82, 2.24) is 15.1 Å². The SMILES string of the molecule is COCC1(CCCc2ccnn2-c2ccccc2)CNCCN1c1ccc(F)cc1. The summed E-state index contributed by atoms with van der Waals surface area (Å²) >= 11 is 0. The van der Waals surface area contributed by atoms with Gasteiger partial charge in [-0.05, 0) is 61.7 Å². The molecule has 4 rings (SSSR count). The van der Waals surface area contributed by atoms with Crippen molar-refractivity contribution in [2.75, 3.05) is 38.3 Å². The molecule has 1 saturated heterocycles. The molecule has 0 amide bonds. The second-order valence-electron chi connectivity index (χ2n) is 7.89. The molecule has 0 bridgehead atoms. The van der Waals surface area contributed by atoms with Crippen molar-refractivity contribution in [3.8, 4) is 5.69 Å². The zero-order valence-electron chi connectivity index (χ0n) is 17.4. The van der Waals surface area contributed by atoms with E-state index >= 15 is 0 Å². The van der Waals surface area contributed by atoms with Crippen LogP contribution in [0.5, 0.6) is 0 Å². The predicted molar refractivity (Wildman–Crippen MR) is 118 cm³/mol. The van der Waals surface area contributed by atoms with Crippen LogP contribution in [-0.2, 0) is 11.2 Å². The molecule has 5 nitrogen and oxygen atoms in total. The zero-order valence-corrected chi connectivity index (χ0v) is 17.4. The van der Waals surface area contributed by atoms with Crippen LogP contribution in [0.3, 0.4) is 0 Å². The topological polar surface area (TPSA) is 42.3 Å². The minimum atomic E-state index is -0.208. The number of anilines is 1. The molecule has 1 aliphatic heterocycles. The fourth-order valence-corrected chi connectivity index (χ4v) is 4.48. The molecule has 30 heavy (non-hydrogen) atoms. The Labute approximate surface area is 177 Å². The summed E-state index contributed by atoms with van der Waals surface area (Å²) in [6.45, 7) is 3.24. The lowest BCUT2D eigenvalue weighted by Crippen LogP contribution is -2.64. The maximum atomic E-state index is 13.5. The summed E-state index contributed by atoms with van der Waals surface area (Å²) in [5, 5.41) is 8.05. The zero-order chi connectivity index (χ0) is 20.8. The van der Waals surface area contributed by atoms with Crippen molar-refractivity contribution in [3.63, 3.8) is 0 Å². The van der Waals surface area contributed by atoms with Gasteiger partial charge in [0, 0.05) is 44.3 Å². The summed E-state index contributed by atoms with van der Waals surface area (Å²) in [4.78, 5) is 2.39. The lowest BCUT2D eigenvalue weighted by atomic mass is 9.88. The van der Waals surface area contributed by atoms with Crippen LogP contribution in [0.4, 0.5) is 10.1 Å². The van der Waals surface area contributed by atoms with E-state index in [1.165, 1.54) is 17.8 Å². The summed E-state index contributed by atoms with van der Waals surface area (Å²) in [5.74, 6) is -0.208. The molecule has 1 aromatic heterocycles. The van der Waals surface area contributed by atoms with Gasteiger partial charge in [-0.3, -0.25) is 0 Å². The van der Waals surface area contributed by atoms with E-state index in [9.17, 15) is 4.39 Å². The first-order valence-corrected chi connectivity index (χ1v) is 10.5. The van der Waals surface area contributed by atoms with Gasteiger partial charge in [-0.2, -0.15) is 5.10 Å². The molecule has 1 unspecified atom stereocenters. The summed E-state index contributed by atoms with van der Waals surface area (Å²) in [7, 11) is 1.75. The van der Waals surface area contributed by atoms with Crippen LogP contribution in [0.15, 0.2) is 66.9 Å². The molecule has 2 aromatic carbocycles. The van der Waals surface area contributed by atoms with Gasteiger partial charge in [0.25, 0.3) is 0 Å². The Hall–Kier alpha value is -2.70. The van der Waals surface area contributed by atoms with Gasteiger partial charge in [0.05, 0.1) is 17.8 Å². The molecule has 158 valence electrons. The number of hydrogen-bond donors (Lipinski definition) is 1. The molecule has 1 N–H and O–H groups in total. The average molecular weight is 409 g/mol. The number of halogens is 1. The maximum absolute atomic E-state index is 13.5. The minimum absolute atomic E-state index is 0.164. The first-order chi connectivity index (χ1) is 14.7. The Bertz CT molecular complexity index is 924. The molecule has 3 aromatic rings. The minimum Gasteiger partial charge on any atom is -0.382 e. The number of piperazine rings is 1. The van der Waals surface area contributed by atoms with Gasteiger partial charge in [-0.25, -0.2) is 9.07 Å². The van der Waals surface area contributed by atoms with Gasteiger partial charge < -0.3 is 15.0 Å². The van der Waals surface area contributed by atoms with Gasteiger partial charge in [0.2, 0.25) is 0 Å². The van der Waals surface area contributed by atoms with Gasteiger partial charge in [-0.15, -0.1) is 0 Å². The van der Waals surface area contributed by atoms with Crippen molar-refractivity contribution in [2.45, 2.75) is 24.8 Å². The molecule has 2 heterocycles. The van der Waals surface area contributed by atoms with Gasteiger partial charge >= 0.3 is 0 Å². The summed E-state index contributed by atoms with van der Waals surface area (Å²) in [5.41, 5.74) is 3.16. The third-order valence-corrected chi connectivity index (χ3v) is 5.89. The van der Waals surface area contributed by atoms with Gasteiger partial charge in [0.1, 0.15) is 5.82 Å². The van der Waals surface area contributed by atoms with Crippen LogP contribution >= 0.6 is 0 Å². The van der Waals surface area contributed by atoms with Crippen LogP contribution in [0.25, 0.3) is 5.69 Å². The molecule has 1 atom stereocenters. The standard InChI is InChI=1S/C24H29FN4O/c1-30-19-24(18-26-16-17-28(24)21-11-9-20(25)10-12-21)14-5-8-23-13-15-27-29(23)22-6-3-2-4-7-22/h2-4,6-7,9-13,15,26H,5,8,14,16-19H2,1H3. The van der Waals surface area contributed by atoms with E-state index in [-0.39, 0.29) is 11.4 Å². The van der Waals surface area contributed by atoms with E-state index in [2.05, 4.69) is 33.5 Å². The number of hydrogen-bond acceptors (Lipinski definition) is 4. The van der Waals surface area contributed by atoms with Crippen molar-refractivity contribution in [3.05, 3.63) is 78.4 Å². The van der Waals surface area contributed by atoms with Crippen LogP contribution < -0.4 is 10.2 Å². The summed E-state index contributed by atoms with van der Waals surface area (Å²) < 4.78 is 21.1. The van der Waals surface area contributed by atoms with Crippen LogP contribution in [0, 0.1) is 5.82 Å². The van der Waals surface area contributed by atoms with E-state index in [0.29, 0.717) is 6.61 Å². The molecule has 0 saturated carbocycles. The molecule has 0 spiro atoms. The Kier molecular flexibility index (Phi) is 6.45. The van der Waals surface area contributed by atoms with Gasteiger partial charge in [0.15, 0.2) is 0 Å². The second-order valence-corrected chi connectivity index (χ2v) is 7.89. The first kappa shape index (κ1) is 20.6. The van der Waals surface area contributed by atoms with Crippen molar-refractivity contribution in [2.24, 2.45) is 0 Å². The average Bonchev–Trinajstić information content (AvgIpc) is 3.24. The van der Waals surface area contributed by atoms with Crippen molar-refractivity contribution < 1.29 is 9.13 Å². The highest BCUT2D eigenvalue weighted by Crippen LogP contribution is 2.31. The third-order valence-electron chi connectivity index (χ3n) is 5.89. The van der Waals surface area contributed by atoms with E-state index in [1.807, 2.05) is 41.2 Å². The number of para-hydroxylation sites is 1. The van der Waals surface area contributed by atoms with Crippen LogP contribution in [0.1, 0.15) is 18.5 Å². The molecule has 6 heteroatoms. The lowest BCUT2D eigenvalue weighted by molar-refractivity contribution is 0.110. The lowest BCUT2D eigenvalue weighted by Gasteiger charge is -2.49. The fraction of sp³-hybridized carbons (Fsp3) is 0.375. The highest BCUT2D eigenvalue weighted by atomic mass is 19.1. The van der Waals surface area contributed by atoms with Crippen LogP contribution in [0.2, 0.25) is 0 Å². The smallest absolute Gasteiger partial charge is 0.123 e. The Balaban J connectivity index is 1.50. The Morgan fingerprint density at radius 1 is 1.07 bits per heavy atom. The van der Waals surface area contributed by atoms with E-state index in [0.717, 1.165) is 50.3 Å². The van der Waals surface area contributed by atoms with E-state index < -0.39 is 0 Å². The third kappa shape index (κ3) is 4.40. The highest BCUT2D eigenvalue weighted by Gasteiger charge is 2.38. The number of aromatic nitrogens is 2. The maximum Gasteiger partial charge on any atom is 0.123 e. The Morgan fingerprint density at radius 2 is 1.87 bits per heavy atom. The van der Waals surface area contributed by atoms with E-state index in [4.69, 9.17) is 4.74 Å². The summed E-state index contributed by atoms with van der Waals surface area (Å²) in [6.07, 6.45) is 4.75. The number of methoxy groups -OCH3 is 1. The molecule has 1 fully saturated rings. The number of rotatable bonds is 8. The fourth-order valence-electron chi connectivity index (χ4n) is 4.48.